The third-order valence-corrected chi connectivity index (χ3v) is 3.88. The molecule has 20 heavy (non-hydrogen) atoms. The molecule has 0 spiro atoms. The summed E-state index contributed by atoms with van der Waals surface area (Å²) in [7, 11) is 0. The van der Waals surface area contributed by atoms with E-state index in [1.807, 2.05) is 4.90 Å². The van der Waals surface area contributed by atoms with Crippen LogP contribution >= 0.6 is 0 Å². The summed E-state index contributed by atoms with van der Waals surface area (Å²) >= 11 is 0. The van der Waals surface area contributed by atoms with Gasteiger partial charge in [0.05, 0.1) is 6.54 Å². The summed E-state index contributed by atoms with van der Waals surface area (Å²) in [5.41, 5.74) is 0. The fourth-order valence-corrected chi connectivity index (χ4v) is 2.61. The SMILES string of the molecule is CC(=O)NCC1CCN(C(=O)C2CNC(=O)CN2)CC1. The lowest BCUT2D eigenvalue weighted by molar-refractivity contribution is -0.136. The number of amides is 3. The normalized spacial score (nSPS) is 24.1. The number of carbonyl (C=O) groups is 3. The lowest BCUT2D eigenvalue weighted by Crippen LogP contribution is -2.59. The minimum atomic E-state index is -0.306. The minimum absolute atomic E-state index is 0.00865. The maximum absolute atomic E-state index is 12.3. The summed E-state index contributed by atoms with van der Waals surface area (Å²) in [5.74, 6) is 0.429. The predicted octanol–water partition coefficient (Wildman–Crippen LogP) is -1.55. The van der Waals surface area contributed by atoms with E-state index in [0.717, 1.165) is 25.9 Å². The molecule has 2 saturated heterocycles. The number of rotatable bonds is 3. The van der Waals surface area contributed by atoms with Crippen molar-refractivity contribution in [3.63, 3.8) is 0 Å². The van der Waals surface area contributed by atoms with Crippen molar-refractivity contribution < 1.29 is 14.4 Å². The lowest BCUT2D eigenvalue weighted by atomic mass is 9.96. The molecule has 0 saturated carbocycles. The van der Waals surface area contributed by atoms with Crippen LogP contribution in [0.3, 0.4) is 0 Å². The van der Waals surface area contributed by atoms with Gasteiger partial charge in [0, 0.05) is 33.1 Å². The number of piperidine rings is 1. The molecule has 2 fully saturated rings. The molecule has 0 aliphatic carbocycles. The van der Waals surface area contributed by atoms with Crippen LogP contribution in [0.25, 0.3) is 0 Å². The molecule has 1 atom stereocenters. The van der Waals surface area contributed by atoms with Gasteiger partial charge in [0.2, 0.25) is 17.7 Å². The Kier molecular flexibility index (Phi) is 4.94. The van der Waals surface area contributed by atoms with Gasteiger partial charge in [0.25, 0.3) is 0 Å². The zero-order valence-electron chi connectivity index (χ0n) is 11.8. The van der Waals surface area contributed by atoms with Gasteiger partial charge in [-0.15, -0.1) is 0 Å². The molecule has 7 heteroatoms. The van der Waals surface area contributed by atoms with Crippen LogP contribution in [0.2, 0.25) is 0 Å². The van der Waals surface area contributed by atoms with E-state index in [4.69, 9.17) is 0 Å². The van der Waals surface area contributed by atoms with Gasteiger partial charge in [0.1, 0.15) is 6.04 Å². The number of nitrogens with one attached hydrogen (secondary N) is 3. The fourth-order valence-electron chi connectivity index (χ4n) is 2.61. The summed E-state index contributed by atoms with van der Waals surface area (Å²) in [6.07, 6.45) is 1.82. The van der Waals surface area contributed by atoms with Gasteiger partial charge >= 0.3 is 0 Å². The highest BCUT2D eigenvalue weighted by atomic mass is 16.2. The number of hydrogen-bond acceptors (Lipinski definition) is 4. The highest BCUT2D eigenvalue weighted by Gasteiger charge is 2.30. The summed E-state index contributed by atoms with van der Waals surface area (Å²) in [4.78, 5) is 36.0. The molecule has 0 radical (unpaired) electrons. The Bertz CT molecular complexity index is 381. The molecule has 2 heterocycles. The zero-order chi connectivity index (χ0) is 14.5. The van der Waals surface area contributed by atoms with E-state index in [9.17, 15) is 14.4 Å². The molecule has 1 unspecified atom stereocenters. The second-order valence-corrected chi connectivity index (χ2v) is 5.44. The molecule has 2 aliphatic rings. The predicted molar refractivity (Wildman–Crippen MR) is 72.8 cm³/mol. The monoisotopic (exact) mass is 282 g/mol. The van der Waals surface area contributed by atoms with Gasteiger partial charge in [-0.3, -0.25) is 19.7 Å². The van der Waals surface area contributed by atoms with Crippen LogP contribution in [-0.4, -0.2) is 61.4 Å². The number of carbonyl (C=O) groups excluding carboxylic acids is 3. The number of piperazine rings is 1. The van der Waals surface area contributed by atoms with Gasteiger partial charge < -0.3 is 15.5 Å². The quantitative estimate of drug-likeness (QED) is 0.584. The molecule has 112 valence electrons. The van der Waals surface area contributed by atoms with E-state index >= 15 is 0 Å². The molecule has 7 nitrogen and oxygen atoms in total. The van der Waals surface area contributed by atoms with Gasteiger partial charge in [0.15, 0.2) is 0 Å². The molecule has 2 aliphatic heterocycles. The Balaban J connectivity index is 1.74. The first-order valence-electron chi connectivity index (χ1n) is 7.09. The van der Waals surface area contributed by atoms with Crippen molar-refractivity contribution in [2.75, 3.05) is 32.7 Å². The topological polar surface area (TPSA) is 90.5 Å². The molecular weight excluding hydrogens is 260 g/mol. The van der Waals surface area contributed by atoms with Gasteiger partial charge in [-0.25, -0.2) is 0 Å². The highest BCUT2D eigenvalue weighted by Crippen LogP contribution is 2.17. The summed E-state index contributed by atoms with van der Waals surface area (Å²) < 4.78 is 0. The summed E-state index contributed by atoms with van der Waals surface area (Å²) in [6, 6.07) is -0.306. The van der Waals surface area contributed by atoms with Crippen LogP contribution in [0.5, 0.6) is 0 Å². The maximum Gasteiger partial charge on any atom is 0.241 e. The Morgan fingerprint density at radius 3 is 2.60 bits per heavy atom. The van der Waals surface area contributed by atoms with Crippen LogP contribution < -0.4 is 16.0 Å². The van der Waals surface area contributed by atoms with Crippen molar-refractivity contribution >= 4 is 17.7 Å². The first kappa shape index (κ1) is 14.8. The molecule has 0 bridgehead atoms. The zero-order valence-corrected chi connectivity index (χ0v) is 11.8. The van der Waals surface area contributed by atoms with E-state index in [0.29, 0.717) is 19.0 Å². The second-order valence-electron chi connectivity index (χ2n) is 5.44. The fraction of sp³-hybridized carbons (Fsp3) is 0.769. The summed E-state index contributed by atoms with van der Waals surface area (Å²) in [5, 5.41) is 8.48. The summed E-state index contributed by atoms with van der Waals surface area (Å²) in [6.45, 7) is 4.21. The largest absolute Gasteiger partial charge is 0.356 e. The van der Waals surface area contributed by atoms with Crippen molar-refractivity contribution in [3.8, 4) is 0 Å². The van der Waals surface area contributed by atoms with Crippen molar-refractivity contribution in [1.82, 2.24) is 20.9 Å². The highest BCUT2D eigenvalue weighted by molar-refractivity contribution is 5.86. The first-order chi connectivity index (χ1) is 9.56. The Morgan fingerprint density at radius 1 is 1.35 bits per heavy atom. The molecular formula is C13H22N4O3. The van der Waals surface area contributed by atoms with E-state index in [1.54, 1.807) is 0 Å². The lowest BCUT2D eigenvalue weighted by Gasteiger charge is -2.35. The smallest absolute Gasteiger partial charge is 0.241 e. The van der Waals surface area contributed by atoms with Crippen molar-refractivity contribution in [2.45, 2.75) is 25.8 Å². The van der Waals surface area contributed by atoms with E-state index in [-0.39, 0.29) is 30.3 Å². The second kappa shape index (κ2) is 6.69. The third kappa shape index (κ3) is 3.93. The molecule has 0 aromatic heterocycles. The van der Waals surface area contributed by atoms with Gasteiger partial charge in [-0.05, 0) is 18.8 Å². The standard InChI is InChI=1S/C13H22N4O3/c1-9(18)14-6-10-2-4-17(5-3-10)13(20)11-7-16-12(19)8-15-11/h10-11,15H,2-8H2,1H3,(H,14,18)(H,16,19). The Morgan fingerprint density at radius 2 is 2.05 bits per heavy atom. The van der Waals surface area contributed by atoms with Crippen LogP contribution in [0.1, 0.15) is 19.8 Å². The van der Waals surface area contributed by atoms with E-state index in [2.05, 4.69) is 16.0 Å². The average Bonchev–Trinajstić information content (AvgIpc) is 2.46. The van der Waals surface area contributed by atoms with Crippen LogP contribution in [0, 0.1) is 5.92 Å². The van der Waals surface area contributed by atoms with Crippen LogP contribution in [0.15, 0.2) is 0 Å². The average molecular weight is 282 g/mol. The van der Waals surface area contributed by atoms with Crippen LogP contribution in [-0.2, 0) is 14.4 Å². The van der Waals surface area contributed by atoms with E-state index < -0.39 is 0 Å². The molecule has 3 amide bonds. The van der Waals surface area contributed by atoms with Crippen LogP contribution in [0.4, 0.5) is 0 Å². The van der Waals surface area contributed by atoms with Gasteiger partial charge in [-0.1, -0.05) is 0 Å². The third-order valence-electron chi connectivity index (χ3n) is 3.88. The van der Waals surface area contributed by atoms with Gasteiger partial charge in [-0.2, -0.15) is 0 Å². The van der Waals surface area contributed by atoms with Crippen molar-refractivity contribution in [3.05, 3.63) is 0 Å². The molecule has 3 N–H and O–H groups in total. The first-order valence-corrected chi connectivity index (χ1v) is 7.09. The molecule has 0 aromatic carbocycles. The van der Waals surface area contributed by atoms with Crippen molar-refractivity contribution in [1.29, 1.82) is 0 Å². The van der Waals surface area contributed by atoms with Crippen molar-refractivity contribution in [2.24, 2.45) is 5.92 Å². The molecule has 0 aromatic rings. The number of nitrogens with zero attached hydrogens (tertiary/aromatic N) is 1. The number of likely N-dealkylation sites (tertiary alicyclic amines) is 1. The maximum atomic E-state index is 12.3. The number of hydrogen-bond donors (Lipinski definition) is 3. The Labute approximate surface area is 118 Å². The van der Waals surface area contributed by atoms with E-state index in [1.165, 1.54) is 6.92 Å². The molecule has 2 rings (SSSR count). The Hall–Kier alpha value is -1.63. The minimum Gasteiger partial charge on any atom is -0.356 e.